The van der Waals surface area contributed by atoms with Crippen LogP contribution in [0.5, 0.6) is 0 Å². The van der Waals surface area contributed by atoms with Gasteiger partial charge in [0.15, 0.2) is 0 Å². The predicted molar refractivity (Wildman–Crippen MR) is 47.6 cm³/mol. The highest BCUT2D eigenvalue weighted by molar-refractivity contribution is 5.61. The molecule has 1 heterocycles. The third kappa shape index (κ3) is 1.45. The van der Waals surface area contributed by atoms with Gasteiger partial charge in [-0.3, -0.25) is 5.10 Å². The Morgan fingerprint density at radius 1 is 1.31 bits per heavy atom. The van der Waals surface area contributed by atoms with Crippen LogP contribution >= 0.6 is 0 Å². The lowest BCUT2D eigenvalue weighted by atomic mass is 10.1. The van der Waals surface area contributed by atoms with Crippen LogP contribution in [0.1, 0.15) is 5.56 Å². The monoisotopic (exact) mass is 175 g/mol. The van der Waals surface area contributed by atoms with Gasteiger partial charge in [0.2, 0.25) is 0 Å². The average Bonchev–Trinajstić information content (AvgIpc) is 2.53. The standard InChI is InChI=1S/C10H8FN2/c1-7-6-12-13-10(7)8-2-4-9(11)5-3-8/h2-5H,1H3,(H,12,13). The molecule has 2 rings (SSSR count). The van der Waals surface area contributed by atoms with E-state index in [1.807, 2.05) is 6.92 Å². The van der Waals surface area contributed by atoms with E-state index < -0.39 is 0 Å². The van der Waals surface area contributed by atoms with Crippen molar-refractivity contribution >= 4 is 0 Å². The Morgan fingerprint density at radius 3 is 2.54 bits per heavy atom. The molecule has 0 atom stereocenters. The van der Waals surface area contributed by atoms with Gasteiger partial charge in [-0.15, -0.1) is 0 Å². The number of H-pyrrole nitrogens is 1. The summed E-state index contributed by atoms with van der Waals surface area (Å²) < 4.78 is 12.6. The molecule has 65 valence electrons. The predicted octanol–water partition coefficient (Wildman–Crippen LogP) is 2.32. The van der Waals surface area contributed by atoms with Gasteiger partial charge in [-0.25, -0.2) is 4.39 Å². The van der Waals surface area contributed by atoms with Gasteiger partial charge in [-0.1, -0.05) is 0 Å². The topological polar surface area (TPSA) is 28.7 Å². The van der Waals surface area contributed by atoms with Gasteiger partial charge in [0.1, 0.15) is 12.0 Å². The Balaban J connectivity index is 2.47. The van der Waals surface area contributed by atoms with Crippen molar-refractivity contribution in [2.75, 3.05) is 0 Å². The largest absolute Gasteiger partial charge is 0.277 e. The van der Waals surface area contributed by atoms with Crippen molar-refractivity contribution < 1.29 is 4.39 Å². The highest BCUT2D eigenvalue weighted by Gasteiger charge is 2.03. The first kappa shape index (κ1) is 7.98. The third-order valence-corrected chi connectivity index (χ3v) is 1.90. The van der Waals surface area contributed by atoms with Gasteiger partial charge in [-0.05, 0) is 31.2 Å². The number of aryl methyl sites for hydroxylation is 1. The van der Waals surface area contributed by atoms with Crippen LogP contribution in [0.4, 0.5) is 4.39 Å². The summed E-state index contributed by atoms with van der Waals surface area (Å²) >= 11 is 0. The summed E-state index contributed by atoms with van der Waals surface area (Å²) in [5, 5.41) is 6.59. The summed E-state index contributed by atoms with van der Waals surface area (Å²) in [6.07, 6.45) is 2.78. The second-order valence-electron chi connectivity index (χ2n) is 2.84. The van der Waals surface area contributed by atoms with Gasteiger partial charge < -0.3 is 0 Å². The van der Waals surface area contributed by atoms with Gasteiger partial charge in [-0.2, -0.15) is 5.10 Å². The first-order valence-corrected chi connectivity index (χ1v) is 3.96. The molecule has 0 aliphatic carbocycles. The maximum Gasteiger partial charge on any atom is 0.123 e. The van der Waals surface area contributed by atoms with E-state index in [1.165, 1.54) is 12.1 Å². The van der Waals surface area contributed by atoms with Crippen LogP contribution in [-0.4, -0.2) is 10.2 Å². The van der Waals surface area contributed by atoms with Crippen LogP contribution in [0.15, 0.2) is 24.3 Å². The highest BCUT2D eigenvalue weighted by Crippen LogP contribution is 2.19. The zero-order valence-corrected chi connectivity index (χ0v) is 7.13. The number of aromatic nitrogens is 2. The fraction of sp³-hybridized carbons (Fsp3) is 0.100. The maximum absolute atomic E-state index is 12.6. The zero-order chi connectivity index (χ0) is 9.26. The smallest absolute Gasteiger partial charge is 0.123 e. The van der Waals surface area contributed by atoms with Crippen LogP contribution in [0.25, 0.3) is 11.3 Å². The summed E-state index contributed by atoms with van der Waals surface area (Å²) in [7, 11) is 0. The third-order valence-electron chi connectivity index (χ3n) is 1.90. The number of benzene rings is 1. The Morgan fingerprint density at radius 2 is 2.00 bits per heavy atom. The summed E-state index contributed by atoms with van der Waals surface area (Å²) in [5.74, 6) is -0.232. The molecule has 2 aromatic rings. The van der Waals surface area contributed by atoms with E-state index in [-0.39, 0.29) is 5.82 Å². The highest BCUT2D eigenvalue weighted by atomic mass is 19.1. The molecule has 1 N–H and O–H groups in total. The Labute approximate surface area is 75.4 Å². The molecule has 1 aromatic heterocycles. The van der Waals surface area contributed by atoms with E-state index in [9.17, 15) is 4.39 Å². The van der Waals surface area contributed by atoms with E-state index >= 15 is 0 Å². The van der Waals surface area contributed by atoms with Crippen LogP contribution in [0, 0.1) is 18.9 Å². The molecule has 0 aliphatic rings. The number of hydrogen-bond acceptors (Lipinski definition) is 1. The first-order valence-electron chi connectivity index (χ1n) is 3.96. The molecule has 1 aromatic carbocycles. The average molecular weight is 175 g/mol. The molecule has 0 fully saturated rings. The second kappa shape index (κ2) is 3.01. The summed E-state index contributed by atoms with van der Waals surface area (Å²) in [6.45, 7) is 1.90. The molecule has 0 spiro atoms. The van der Waals surface area contributed by atoms with Crippen molar-refractivity contribution in [3.63, 3.8) is 0 Å². The summed E-state index contributed by atoms with van der Waals surface area (Å²) in [5.41, 5.74) is 2.75. The van der Waals surface area contributed by atoms with E-state index in [2.05, 4.69) is 16.4 Å². The quantitative estimate of drug-likeness (QED) is 0.707. The molecule has 0 aliphatic heterocycles. The van der Waals surface area contributed by atoms with Gasteiger partial charge >= 0.3 is 0 Å². The molecule has 0 unspecified atom stereocenters. The van der Waals surface area contributed by atoms with Crippen LogP contribution in [0.2, 0.25) is 0 Å². The Hall–Kier alpha value is -1.64. The lowest BCUT2D eigenvalue weighted by Crippen LogP contribution is -1.81. The number of nitrogens with zero attached hydrogens (tertiary/aromatic N) is 1. The molecule has 3 heteroatoms. The van der Waals surface area contributed by atoms with Crippen LogP contribution < -0.4 is 0 Å². The van der Waals surface area contributed by atoms with Crippen molar-refractivity contribution in [2.45, 2.75) is 6.92 Å². The van der Waals surface area contributed by atoms with Gasteiger partial charge in [0.05, 0.1) is 5.69 Å². The maximum atomic E-state index is 12.6. The zero-order valence-electron chi connectivity index (χ0n) is 7.13. The molecular formula is C10H8FN2. The van der Waals surface area contributed by atoms with Crippen molar-refractivity contribution in [1.82, 2.24) is 10.2 Å². The number of nitrogens with one attached hydrogen (secondary N) is 1. The SMILES string of the molecule is Cc1[c]n[nH]c1-c1ccc(F)cc1. The van der Waals surface area contributed by atoms with Crippen molar-refractivity contribution in [2.24, 2.45) is 0 Å². The molecule has 0 saturated heterocycles. The molecule has 0 saturated carbocycles. The lowest BCUT2D eigenvalue weighted by Gasteiger charge is -1.97. The van der Waals surface area contributed by atoms with Crippen molar-refractivity contribution in [3.05, 3.63) is 41.8 Å². The normalized spacial score (nSPS) is 10.3. The minimum absolute atomic E-state index is 0.232. The van der Waals surface area contributed by atoms with E-state index in [4.69, 9.17) is 0 Å². The summed E-state index contributed by atoms with van der Waals surface area (Å²) in [6, 6.07) is 6.28. The Kier molecular flexibility index (Phi) is 1.85. The van der Waals surface area contributed by atoms with Crippen LogP contribution in [-0.2, 0) is 0 Å². The van der Waals surface area contributed by atoms with Crippen molar-refractivity contribution in [1.29, 1.82) is 0 Å². The fourth-order valence-corrected chi connectivity index (χ4v) is 1.21. The van der Waals surface area contributed by atoms with Crippen molar-refractivity contribution in [3.8, 4) is 11.3 Å². The molecule has 0 bridgehead atoms. The molecule has 1 radical (unpaired) electrons. The van der Waals surface area contributed by atoms with E-state index in [0.717, 1.165) is 16.8 Å². The van der Waals surface area contributed by atoms with Gasteiger partial charge in [0, 0.05) is 11.1 Å². The Bertz CT molecular complexity index is 403. The number of rotatable bonds is 1. The molecule has 13 heavy (non-hydrogen) atoms. The van der Waals surface area contributed by atoms with E-state index in [1.54, 1.807) is 12.1 Å². The molecule has 2 nitrogen and oxygen atoms in total. The number of hydrogen-bond donors (Lipinski definition) is 1. The summed E-state index contributed by atoms with van der Waals surface area (Å²) in [4.78, 5) is 0. The lowest BCUT2D eigenvalue weighted by molar-refractivity contribution is 0.628. The number of halogens is 1. The van der Waals surface area contributed by atoms with E-state index in [0.29, 0.717) is 0 Å². The second-order valence-corrected chi connectivity index (χ2v) is 2.84. The number of aromatic amines is 1. The fourth-order valence-electron chi connectivity index (χ4n) is 1.21. The first-order chi connectivity index (χ1) is 6.27. The molecule has 0 amide bonds. The minimum Gasteiger partial charge on any atom is -0.277 e. The van der Waals surface area contributed by atoms with Gasteiger partial charge in [0.25, 0.3) is 0 Å². The minimum atomic E-state index is -0.232. The van der Waals surface area contributed by atoms with Crippen LogP contribution in [0.3, 0.4) is 0 Å². The molecular weight excluding hydrogens is 167 g/mol.